The molecular weight excluding hydrogens is 242 g/mol. The van der Waals surface area contributed by atoms with Crippen LogP contribution in [0.1, 0.15) is 45.4 Å². The Hall–Kier alpha value is -1.85. The standard InChI is InChI=1S/C13H21N5O/c1-7(2)12-17-10(14)6-11(18-12)15-8(3)13(19)16-9-4-5-9/h6-9H,4-5H2,1-3H3,(H,16,19)(H3,14,15,17,18). The van der Waals surface area contributed by atoms with Crippen LogP contribution in [0, 0.1) is 0 Å². The highest BCUT2D eigenvalue weighted by Crippen LogP contribution is 2.19. The molecule has 4 N–H and O–H groups in total. The minimum absolute atomic E-state index is 0.00854. The maximum Gasteiger partial charge on any atom is 0.242 e. The Balaban J connectivity index is 2.02. The number of nitrogens with two attached hydrogens (primary N) is 1. The number of hydrogen-bond acceptors (Lipinski definition) is 5. The molecule has 1 aliphatic rings. The zero-order valence-corrected chi connectivity index (χ0v) is 11.6. The van der Waals surface area contributed by atoms with Gasteiger partial charge in [0.05, 0.1) is 0 Å². The Morgan fingerprint density at radius 3 is 2.63 bits per heavy atom. The summed E-state index contributed by atoms with van der Waals surface area (Å²) >= 11 is 0. The number of nitrogens with one attached hydrogen (secondary N) is 2. The SMILES string of the molecule is CC(Nc1cc(N)nc(C(C)C)n1)C(=O)NC1CC1. The van der Waals surface area contributed by atoms with E-state index in [2.05, 4.69) is 20.6 Å². The van der Waals surface area contributed by atoms with Crippen molar-refractivity contribution in [2.45, 2.75) is 51.6 Å². The van der Waals surface area contributed by atoms with Gasteiger partial charge in [-0.3, -0.25) is 4.79 Å². The molecule has 1 amide bonds. The highest BCUT2D eigenvalue weighted by molar-refractivity contribution is 5.84. The van der Waals surface area contributed by atoms with Gasteiger partial charge in [-0.2, -0.15) is 0 Å². The van der Waals surface area contributed by atoms with Crippen LogP contribution < -0.4 is 16.4 Å². The molecule has 6 heteroatoms. The van der Waals surface area contributed by atoms with Crippen molar-refractivity contribution in [1.29, 1.82) is 0 Å². The molecule has 0 aromatic carbocycles. The third-order valence-corrected chi connectivity index (χ3v) is 2.96. The number of aromatic nitrogens is 2. The fourth-order valence-electron chi connectivity index (χ4n) is 1.66. The van der Waals surface area contributed by atoms with Crippen LogP contribution in [0.5, 0.6) is 0 Å². The third-order valence-electron chi connectivity index (χ3n) is 2.96. The monoisotopic (exact) mass is 263 g/mol. The van der Waals surface area contributed by atoms with Gasteiger partial charge in [0, 0.05) is 18.0 Å². The Morgan fingerprint density at radius 1 is 1.37 bits per heavy atom. The maximum atomic E-state index is 11.9. The van der Waals surface area contributed by atoms with Crippen molar-refractivity contribution in [1.82, 2.24) is 15.3 Å². The van der Waals surface area contributed by atoms with E-state index in [1.54, 1.807) is 6.07 Å². The molecule has 0 radical (unpaired) electrons. The fraction of sp³-hybridized carbons (Fsp3) is 0.615. The number of nitrogens with zero attached hydrogens (tertiary/aromatic N) is 2. The third kappa shape index (κ3) is 3.81. The van der Waals surface area contributed by atoms with Crippen molar-refractivity contribution < 1.29 is 4.79 Å². The lowest BCUT2D eigenvalue weighted by atomic mass is 10.2. The molecule has 1 aromatic heterocycles. The van der Waals surface area contributed by atoms with Gasteiger partial charge in [0.25, 0.3) is 0 Å². The van der Waals surface area contributed by atoms with E-state index in [1.165, 1.54) is 0 Å². The predicted octanol–water partition coefficient (Wildman–Crippen LogP) is 1.26. The number of amides is 1. The molecule has 19 heavy (non-hydrogen) atoms. The molecule has 1 fully saturated rings. The predicted molar refractivity (Wildman–Crippen MR) is 74.8 cm³/mol. The quantitative estimate of drug-likeness (QED) is 0.743. The normalized spacial score (nSPS) is 16.2. The van der Waals surface area contributed by atoms with Crippen LogP contribution in [-0.4, -0.2) is 28.0 Å². The van der Waals surface area contributed by atoms with E-state index in [0.29, 0.717) is 23.5 Å². The molecule has 1 heterocycles. The smallest absolute Gasteiger partial charge is 0.242 e. The first kappa shape index (κ1) is 13.6. The van der Waals surface area contributed by atoms with Gasteiger partial charge < -0.3 is 16.4 Å². The van der Waals surface area contributed by atoms with E-state index in [-0.39, 0.29) is 17.9 Å². The van der Waals surface area contributed by atoms with Gasteiger partial charge >= 0.3 is 0 Å². The minimum atomic E-state index is -0.338. The molecule has 1 aliphatic carbocycles. The summed E-state index contributed by atoms with van der Waals surface area (Å²) in [6, 6.07) is 1.67. The van der Waals surface area contributed by atoms with Crippen molar-refractivity contribution in [2.24, 2.45) is 0 Å². The van der Waals surface area contributed by atoms with Crippen molar-refractivity contribution in [2.75, 3.05) is 11.1 Å². The zero-order valence-electron chi connectivity index (χ0n) is 11.6. The van der Waals surface area contributed by atoms with Crippen LogP contribution in [0.4, 0.5) is 11.6 Å². The van der Waals surface area contributed by atoms with Crippen LogP contribution in [0.2, 0.25) is 0 Å². The van der Waals surface area contributed by atoms with Crippen LogP contribution >= 0.6 is 0 Å². The average Bonchev–Trinajstić information content (AvgIpc) is 3.11. The molecule has 1 atom stereocenters. The van der Waals surface area contributed by atoms with Gasteiger partial charge in [-0.1, -0.05) is 13.8 Å². The summed E-state index contributed by atoms with van der Waals surface area (Å²) in [4.78, 5) is 20.4. The molecule has 1 saturated carbocycles. The molecule has 6 nitrogen and oxygen atoms in total. The van der Waals surface area contributed by atoms with E-state index < -0.39 is 0 Å². The average molecular weight is 263 g/mol. The Morgan fingerprint density at radius 2 is 2.05 bits per heavy atom. The topological polar surface area (TPSA) is 92.9 Å². The number of anilines is 2. The van der Waals surface area contributed by atoms with Gasteiger partial charge in [0.15, 0.2) is 0 Å². The van der Waals surface area contributed by atoms with Gasteiger partial charge in [-0.15, -0.1) is 0 Å². The largest absolute Gasteiger partial charge is 0.384 e. The summed E-state index contributed by atoms with van der Waals surface area (Å²) in [7, 11) is 0. The number of carbonyl (C=O) groups excluding carboxylic acids is 1. The van der Waals surface area contributed by atoms with Crippen molar-refractivity contribution in [3.63, 3.8) is 0 Å². The van der Waals surface area contributed by atoms with Crippen LogP contribution in [0.15, 0.2) is 6.07 Å². The van der Waals surface area contributed by atoms with Crippen molar-refractivity contribution in [3.8, 4) is 0 Å². The molecule has 1 aromatic rings. The second-order valence-electron chi connectivity index (χ2n) is 5.34. The van der Waals surface area contributed by atoms with Crippen molar-refractivity contribution >= 4 is 17.5 Å². The van der Waals surface area contributed by atoms with E-state index in [1.807, 2.05) is 20.8 Å². The zero-order chi connectivity index (χ0) is 14.0. The minimum Gasteiger partial charge on any atom is -0.384 e. The highest BCUT2D eigenvalue weighted by atomic mass is 16.2. The molecule has 104 valence electrons. The lowest BCUT2D eigenvalue weighted by molar-refractivity contribution is -0.121. The molecule has 1 unspecified atom stereocenters. The first-order valence-electron chi connectivity index (χ1n) is 6.67. The summed E-state index contributed by atoms with van der Waals surface area (Å²) in [5.41, 5.74) is 5.75. The lowest BCUT2D eigenvalue weighted by Gasteiger charge is -2.15. The van der Waals surface area contributed by atoms with E-state index in [9.17, 15) is 4.79 Å². The van der Waals surface area contributed by atoms with Crippen molar-refractivity contribution in [3.05, 3.63) is 11.9 Å². The van der Waals surface area contributed by atoms with Gasteiger partial charge in [-0.25, -0.2) is 9.97 Å². The number of rotatable bonds is 5. The van der Waals surface area contributed by atoms with Gasteiger partial charge in [-0.05, 0) is 19.8 Å². The Labute approximate surface area is 113 Å². The number of hydrogen-bond donors (Lipinski definition) is 3. The van der Waals surface area contributed by atoms with Crippen LogP contribution in [0.3, 0.4) is 0 Å². The van der Waals surface area contributed by atoms with Crippen LogP contribution in [0.25, 0.3) is 0 Å². The Kier molecular flexibility index (Phi) is 3.87. The van der Waals surface area contributed by atoms with E-state index in [4.69, 9.17) is 5.73 Å². The van der Waals surface area contributed by atoms with E-state index >= 15 is 0 Å². The first-order chi connectivity index (χ1) is 8.95. The van der Waals surface area contributed by atoms with E-state index in [0.717, 1.165) is 12.8 Å². The molecule has 0 aliphatic heterocycles. The number of carbonyl (C=O) groups is 1. The first-order valence-corrected chi connectivity index (χ1v) is 6.67. The lowest BCUT2D eigenvalue weighted by Crippen LogP contribution is -2.38. The van der Waals surface area contributed by atoms with Crippen LogP contribution in [-0.2, 0) is 4.79 Å². The van der Waals surface area contributed by atoms with Gasteiger partial charge in [0.1, 0.15) is 23.5 Å². The molecule has 0 saturated heterocycles. The number of nitrogen functional groups attached to an aromatic ring is 1. The van der Waals surface area contributed by atoms with Gasteiger partial charge in [0.2, 0.25) is 5.91 Å². The maximum absolute atomic E-state index is 11.9. The summed E-state index contributed by atoms with van der Waals surface area (Å²) in [5.74, 6) is 1.87. The molecule has 2 rings (SSSR count). The summed E-state index contributed by atoms with van der Waals surface area (Å²) in [6.07, 6.45) is 2.16. The fourth-order valence-corrected chi connectivity index (χ4v) is 1.66. The molecule has 0 spiro atoms. The highest BCUT2D eigenvalue weighted by Gasteiger charge is 2.25. The Bertz CT molecular complexity index is 470. The summed E-state index contributed by atoms with van der Waals surface area (Å²) in [5, 5.41) is 6.02. The molecule has 0 bridgehead atoms. The summed E-state index contributed by atoms with van der Waals surface area (Å²) < 4.78 is 0. The second-order valence-corrected chi connectivity index (χ2v) is 5.34. The second kappa shape index (κ2) is 5.42. The summed E-state index contributed by atoms with van der Waals surface area (Å²) in [6.45, 7) is 5.81. The molecular formula is C13H21N5O.